The highest BCUT2D eigenvalue weighted by molar-refractivity contribution is 6.36. The molecule has 156 valence electrons. The average Bonchev–Trinajstić information content (AvgIpc) is 3.00. The number of halogens is 2. The first-order valence-corrected chi connectivity index (χ1v) is 10.8. The Labute approximate surface area is 186 Å². The fourth-order valence-electron chi connectivity index (χ4n) is 3.96. The fraction of sp³-hybridized carbons (Fsp3) is 0.304. The lowest BCUT2D eigenvalue weighted by Crippen LogP contribution is -2.47. The number of piperazine rings is 1. The van der Waals surface area contributed by atoms with Gasteiger partial charge in [-0.3, -0.25) is 14.5 Å². The van der Waals surface area contributed by atoms with Crippen molar-refractivity contribution in [2.45, 2.75) is 13.5 Å². The van der Waals surface area contributed by atoms with E-state index in [0.717, 1.165) is 25.2 Å². The van der Waals surface area contributed by atoms with Crippen LogP contribution in [0.3, 0.4) is 0 Å². The van der Waals surface area contributed by atoms with Crippen LogP contribution in [0.1, 0.15) is 18.1 Å². The number of hydrogen-bond donors (Lipinski definition) is 0. The van der Waals surface area contributed by atoms with Crippen molar-refractivity contribution in [3.63, 3.8) is 0 Å². The van der Waals surface area contributed by atoms with E-state index >= 15 is 0 Å². The number of hydrogen-bond acceptors (Lipinski definition) is 4. The number of nitrogens with zero attached hydrogens (tertiary/aromatic N) is 3. The molecule has 0 aromatic heterocycles. The standard InChI is InChI=1S/C23H23Cl2N3O2/c1-2-26-11-13-27(14-12-26)21-20(16-7-9-18(24)10-8-16)22(29)28(23(21)30)15-17-5-3-4-6-19(17)25/h3-10H,2,11-15H2,1H3. The Balaban J connectivity index is 1.71. The van der Waals surface area contributed by atoms with E-state index in [4.69, 9.17) is 23.2 Å². The maximum Gasteiger partial charge on any atom is 0.278 e. The summed E-state index contributed by atoms with van der Waals surface area (Å²) in [5, 5.41) is 1.12. The maximum absolute atomic E-state index is 13.5. The molecule has 0 atom stereocenters. The molecule has 2 heterocycles. The zero-order chi connectivity index (χ0) is 21.3. The summed E-state index contributed by atoms with van der Waals surface area (Å²) in [5.41, 5.74) is 2.36. The van der Waals surface area contributed by atoms with E-state index in [1.165, 1.54) is 4.90 Å². The number of amides is 2. The third kappa shape index (κ3) is 3.97. The summed E-state index contributed by atoms with van der Waals surface area (Å²) >= 11 is 12.3. The smallest absolute Gasteiger partial charge is 0.278 e. The number of likely N-dealkylation sites (N-methyl/N-ethyl adjacent to an activating group) is 1. The highest BCUT2D eigenvalue weighted by atomic mass is 35.5. The van der Waals surface area contributed by atoms with Crippen molar-refractivity contribution in [1.82, 2.24) is 14.7 Å². The van der Waals surface area contributed by atoms with Crippen LogP contribution in [0.25, 0.3) is 5.57 Å². The van der Waals surface area contributed by atoms with E-state index in [2.05, 4.69) is 11.8 Å². The van der Waals surface area contributed by atoms with Crippen molar-refractivity contribution in [3.8, 4) is 0 Å². The molecule has 0 saturated carbocycles. The van der Waals surface area contributed by atoms with Gasteiger partial charge in [0, 0.05) is 36.2 Å². The van der Waals surface area contributed by atoms with E-state index in [9.17, 15) is 9.59 Å². The molecule has 2 aromatic rings. The normalized spacial score (nSPS) is 18.0. The van der Waals surface area contributed by atoms with Gasteiger partial charge in [-0.15, -0.1) is 0 Å². The second-order valence-corrected chi connectivity index (χ2v) is 8.28. The van der Waals surface area contributed by atoms with Crippen LogP contribution in [-0.4, -0.2) is 59.2 Å². The zero-order valence-electron chi connectivity index (χ0n) is 16.8. The first-order chi connectivity index (χ1) is 14.5. The molecule has 0 bridgehead atoms. The minimum Gasteiger partial charge on any atom is -0.364 e. The van der Waals surface area contributed by atoms with Crippen LogP contribution >= 0.6 is 23.2 Å². The van der Waals surface area contributed by atoms with Gasteiger partial charge in [-0.05, 0) is 35.9 Å². The highest BCUT2D eigenvalue weighted by Gasteiger charge is 2.42. The Bertz CT molecular complexity index is 996. The Morgan fingerprint density at radius 2 is 1.53 bits per heavy atom. The molecular formula is C23H23Cl2N3O2. The molecule has 2 aliphatic rings. The molecule has 0 spiro atoms. The van der Waals surface area contributed by atoms with Crippen LogP contribution in [0.4, 0.5) is 0 Å². The molecule has 0 unspecified atom stereocenters. The molecule has 4 rings (SSSR count). The molecule has 0 N–H and O–H groups in total. The molecular weight excluding hydrogens is 421 g/mol. The predicted molar refractivity (Wildman–Crippen MR) is 119 cm³/mol. The number of carbonyl (C=O) groups is 2. The molecule has 30 heavy (non-hydrogen) atoms. The largest absolute Gasteiger partial charge is 0.364 e. The van der Waals surface area contributed by atoms with Gasteiger partial charge >= 0.3 is 0 Å². The summed E-state index contributed by atoms with van der Waals surface area (Å²) in [6.45, 7) is 6.39. The van der Waals surface area contributed by atoms with E-state index in [1.54, 1.807) is 30.3 Å². The lowest BCUT2D eigenvalue weighted by atomic mass is 10.0. The summed E-state index contributed by atoms with van der Waals surface area (Å²) in [7, 11) is 0. The summed E-state index contributed by atoms with van der Waals surface area (Å²) in [6, 6.07) is 14.4. The summed E-state index contributed by atoms with van der Waals surface area (Å²) < 4.78 is 0. The summed E-state index contributed by atoms with van der Waals surface area (Å²) in [4.78, 5) is 32.6. The van der Waals surface area contributed by atoms with Crippen LogP contribution in [0.5, 0.6) is 0 Å². The van der Waals surface area contributed by atoms with Gasteiger partial charge in [0.1, 0.15) is 5.70 Å². The Morgan fingerprint density at radius 1 is 0.867 bits per heavy atom. The second kappa shape index (κ2) is 8.80. The first-order valence-electron chi connectivity index (χ1n) is 10.1. The van der Waals surface area contributed by atoms with Gasteiger partial charge in [-0.25, -0.2) is 0 Å². The number of rotatable bonds is 5. The van der Waals surface area contributed by atoms with E-state index in [0.29, 0.717) is 40.0 Å². The molecule has 2 amide bonds. The summed E-state index contributed by atoms with van der Waals surface area (Å²) in [5.74, 6) is -0.565. The van der Waals surface area contributed by atoms with Crippen molar-refractivity contribution in [2.75, 3.05) is 32.7 Å². The fourth-order valence-corrected chi connectivity index (χ4v) is 4.28. The number of carbonyl (C=O) groups excluding carboxylic acids is 2. The molecule has 5 nitrogen and oxygen atoms in total. The molecule has 0 aliphatic carbocycles. The molecule has 1 fully saturated rings. The van der Waals surface area contributed by atoms with Crippen LogP contribution in [-0.2, 0) is 16.1 Å². The minimum absolute atomic E-state index is 0.146. The number of imide groups is 1. The lowest BCUT2D eigenvalue weighted by molar-refractivity contribution is -0.138. The minimum atomic E-state index is -0.296. The Kier molecular flexibility index (Phi) is 6.14. The van der Waals surface area contributed by atoms with Crippen molar-refractivity contribution in [1.29, 1.82) is 0 Å². The monoisotopic (exact) mass is 443 g/mol. The van der Waals surface area contributed by atoms with Gasteiger partial charge in [0.2, 0.25) is 0 Å². The van der Waals surface area contributed by atoms with Crippen LogP contribution in [0.15, 0.2) is 54.2 Å². The maximum atomic E-state index is 13.5. The average molecular weight is 444 g/mol. The molecule has 7 heteroatoms. The summed E-state index contributed by atoms with van der Waals surface area (Å²) in [6.07, 6.45) is 0. The van der Waals surface area contributed by atoms with Gasteiger partial charge in [0.25, 0.3) is 11.8 Å². The van der Waals surface area contributed by atoms with Crippen LogP contribution in [0.2, 0.25) is 10.0 Å². The SMILES string of the molecule is CCN1CCN(C2=C(c3ccc(Cl)cc3)C(=O)N(Cc3ccccc3Cl)C2=O)CC1. The zero-order valence-corrected chi connectivity index (χ0v) is 18.3. The Morgan fingerprint density at radius 3 is 2.17 bits per heavy atom. The third-order valence-corrected chi connectivity index (χ3v) is 6.32. The number of benzene rings is 2. The van der Waals surface area contributed by atoms with Crippen molar-refractivity contribution < 1.29 is 9.59 Å². The van der Waals surface area contributed by atoms with E-state index in [-0.39, 0.29) is 18.4 Å². The Hall–Kier alpha value is -2.34. The quantitative estimate of drug-likeness (QED) is 0.656. The molecule has 0 radical (unpaired) electrons. The van der Waals surface area contributed by atoms with Gasteiger partial charge < -0.3 is 9.80 Å². The van der Waals surface area contributed by atoms with Crippen molar-refractivity contribution in [2.24, 2.45) is 0 Å². The first kappa shape index (κ1) is 20.9. The molecule has 1 saturated heterocycles. The highest BCUT2D eigenvalue weighted by Crippen LogP contribution is 2.34. The van der Waals surface area contributed by atoms with Gasteiger partial charge in [-0.1, -0.05) is 60.5 Å². The van der Waals surface area contributed by atoms with Crippen LogP contribution < -0.4 is 0 Å². The van der Waals surface area contributed by atoms with Gasteiger partial charge in [-0.2, -0.15) is 0 Å². The van der Waals surface area contributed by atoms with Crippen molar-refractivity contribution in [3.05, 3.63) is 75.4 Å². The third-order valence-electron chi connectivity index (χ3n) is 5.70. The van der Waals surface area contributed by atoms with E-state index in [1.807, 2.05) is 23.1 Å². The molecule has 2 aliphatic heterocycles. The predicted octanol–water partition coefficient (Wildman–Crippen LogP) is 3.91. The van der Waals surface area contributed by atoms with Crippen LogP contribution in [0, 0.1) is 0 Å². The molecule has 2 aromatic carbocycles. The lowest BCUT2D eigenvalue weighted by Gasteiger charge is -2.36. The van der Waals surface area contributed by atoms with Gasteiger partial charge in [0.05, 0.1) is 12.1 Å². The van der Waals surface area contributed by atoms with E-state index < -0.39 is 0 Å². The van der Waals surface area contributed by atoms with Gasteiger partial charge in [0.15, 0.2) is 0 Å². The topological polar surface area (TPSA) is 43.9 Å². The second-order valence-electron chi connectivity index (χ2n) is 7.44. The van der Waals surface area contributed by atoms with Crippen molar-refractivity contribution >= 4 is 40.6 Å².